The molecule has 5 rings (SSSR count). The summed E-state index contributed by atoms with van der Waals surface area (Å²) in [7, 11) is 0. The SMILES string of the molecule is Cc1ccc(N2C(=O)NC(=O)/C(=C\c3c(OCc4ccc(F)cc4)ccc4ccccc34)C2=O)cc1. The minimum Gasteiger partial charge on any atom is -0.488 e. The zero-order valence-corrected chi connectivity index (χ0v) is 19.3. The van der Waals surface area contributed by atoms with Crippen molar-refractivity contribution >= 4 is 40.4 Å². The van der Waals surface area contributed by atoms with Crippen LogP contribution in [0.1, 0.15) is 16.7 Å². The Labute approximate surface area is 206 Å². The fourth-order valence-corrected chi connectivity index (χ4v) is 4.02. The molecule has 1 saturated heterocycles. The van der Waals surface area contributed by atoms with Crippen LogP contribution in [0.2, 0.25) is 0 Å². The van der Waals surface area contributed by atoms with Crippen LogP contribution in [0.5, 0.6) is 5.75 Å². The molecule has 36 heavy (non-hydrogen) atoms. The molecule has 6 nitrogen and oxygen atoms in total. The Balaban J connectivity index is 1.57. The maximum Gasteiger partial charge on any atom is 0.335 e. The summed E-state index contributed by atoms with van der Waals surface area (Å²) in [5, 5.41) is 3.90. The normalized spacial score (nSPS) is 14.9. The largest absolute Gasteiger partial charge is 0.488 e. The van der Waals surface area contributed by atoms with Crippen LogP contribution in [0.25, 0.3) is 16.8 Å². The number of halogens is 1. The number of imide groups is 2. The molecule has 1 N–H and O–H groups in total. The van der Waals surface area contributed by atoms with E-state index in [9.17, 15) is 18.8 Å². The summed E-state index contributed by atoms with van der Waals surface area (Å²) in [6.07, 6.45) is 1.45. The number of amides is 4. The summed E-state index contributed by atoms with van der Waals surface area (Å²) in [5.74, 6) is -1.43. The van der Waals surface area contributed by atoms with E-state index in [0.29, 0.717) is 17.0 Å². The smallest absolute Gasteiger partial charge is 0.335 e. The predicted molar refractivity (Wildman–Crippen MR) is 135 cm³/mol. The lowest BCUT2D eigenvalue weighted by Gasteiger charge is -2.26. The van der Waals surface area contributed by atoms with Crippen LogP contribution >= 0.6 is 0 Å². The van der Waals surface area contributed by atoms with Gasteiger partial charge in [-0.2, -0.15) is 0 Å². The average Bonchev–Trinajstić information content (AvgIpc) is 2.87. The van der Waals surface area contributed by atoms with Crippen molar-refractivity contribution in [3.63, 3.8) is 0 Å². The Morgan fingerprint density at radius 1 is 0.889 bits per heavy atom. The molecule has 0 bridgehead atoms. The second-order valence-electron chi connectivity index (χ2n) is 8.41. The number of barbiturate groups is 1. The highest BCUT2D eigenvalue weighted by Gasteiger charge is 2.37. The van der Waals surface area contributed by atoms with Crippen molar-refractivity contribution in [2.24, 2.45) is 0 Å². The molecule has 1 aliphatic rings. The molecule has 0 unspecified atom stereocenters. The molecular formula is C29H21FN2O4. The van der Waals surface area contributed by atoms with Crippen molar-refractivity contribution in [1.29, 1.82) is 0 Å². The lowest BCUT2D eigenvalue weighted by atomic mass is 9.99. The molecule has 4 amide bonds. The van der Waals surface area contributed by atoms with Crippen LogP contribution < -0.4 is 15.0 Å². The molecule has 4 aromatic rings. The summed E-state index contributed by atoms with van der Waals surface area (Å²) < 4.78 is 19.3. The van der Waals surface area contributed by atoms with Crippen LogP contribution in [0.15, 0.2) is 90.5 Å². The molecule has 1 fully saturated rings. The summed E-state index contributed by atoms with van der Waals surface area (Å²) in [6.45, 7) is 2.05. The van der Waals surface area contributed by atoms with Crippen molar-refractivity contribution in [3.8, 4) is 5.75 Å². The highest BCUT2D eigenvalue weighted by Crippen LogP contribution is 2.32. The summed E-state index contributed by atoms with van der Waals surface area (Å²) >= 11 is 0. The quantitative estimate of drug-likeness (QED) is 0.301. The Kier molecular flexibility index (Phi) is 6.04. The number of rotatable bonds is 5. The van der Waals surface area contributed by atoms with Gasteiger partial charge in [0.1, 0.15) is 23.7 Å². The minimum atomic E-state index is -0.809. The third-order valence-electron chi connectivity index (χ3n) is 5.92. The second-order valence-corrected chi connectivity index (χ2v) is 8.41. The molecule has 1 heterocycles. The van der Waals surface area contributed by atoms with Gasteiger partial charge in [-0.3, -0.25) is 14.9 Å². The number of ether oxygens (including phenoxy) is 1. The Bertz CT molecular complexity index is 1530. The number of fused-ring (bicyclic) bond motifs is 1. The number of nitrogens with zero attached hydrogens (tertiary/aromatic N) is 1. The molecule has 0 saturated carbocycles. The van der Waals surface area contributed by atoms with Crippen molar-refractivity contribution < 1.29 is 23.5 Å². The van der Waals surface area contributed by atoms with Crippen molar-refractivity contribution in [1.82, 2.24) is 5.32 Å². The van der Waals surface area contributed by atoms with Crippen LogP contribution in [0.3, 0.4) is 0 Å². The van der Waals surface area contributed by atoms with Gasteiger partial charge in [-0.05, 0) is 59.7 Å². The van der Waals surface area contributed by atoms with E-state index in [-0.39, 0.29) is 18.0 Å². The first-order valence-corrected chi connectivity index (χ1v) is 11.3. The van der Waals surface area contributed by atoms with Gasteiger partial charge in [-0.15, -0.1) is 0 Å². The summed E-state index contributed by atoms with van der Waals surface area (Å²) in [6, 6.07) is 23.1. The molecular weight excluding hydrogens is 459 g/mol. The first-order chi connectivity index (χ1) is 17.4. The maximum atomic E-state index is 13.4. The third kappa shape index (κ3) is 4.46. The fourth-order valence-electron chi connectivity index (χ4n) is 4.02. The fraction of sp³-hybridized carbons (Fsp3) is 0.0690. The van der Waals surface area contributed by atoms with Crippen molar-refractivity contribution in [2.75, 3.05) is 4.90 Å². The van der Waals surface area contributed by atoms with E-state index in [4.69, 9.17) is 4.74 Å². The van der Waals surface area contributed by atoms with E-state index in [1.807, 2.05) is 37.3 Å². The number of carbonyl (C=O) groups excluding carboxylic acids is 3. The molecule has 0 atom stereocenters. The van der Waals surface area contributed by atoms with Crippen LogP contribution in [-0.4, -0.2) is 17.8 Å². The van der Waals surface area contributed by atoms with Gasteiger partial charge in [-0.1, -0.05) is 60.2 Å². The maximum absolute atomic E-state index is 13.4. The lowest BCUT2D eigenvalue weighted by molar-refractivity contribution is -0.122. The first-order valence-electron chi connectivity index (χ1n) is 11.3. The van der Waals surface area contributed by atoms with Crippen LogP contribution in [0.4, 0.5) is 14.9 Å². The molecule has 0 radical (unpaired) electrons. The first kappa shape index (κ1) is 23.0. The number of anilines is 1. The monoisotopic (exact) mass is 480 g/mol. The van der Waals surface area contributed by atoms with Crippen LogP contribution in [-0.2, 0) is 16.2 Å². The number of benzene rings is 4. The third-order valence-corrected chi connectivity index (χ3v) is 5.92. The van der Waals surface area contributed by atoms with E-state index in [2.05, 4.69) is 5.32 Å². The van der Waals surface area contributed by atoms with Gasteiger partial charge in [0.25, 0.3) is 11.8 Å². The zero-order valence-electron chi connectivity index (χ0n) is 19.3. The molecule has 4 aromatic carbocycles. The highest BCUT2D eigenvalue weighted by atomic mass is 19.1. The number of carbonyl (C=O) groups is 3. The average molecular weight is 480 g/mol. The Morgan fingerprint density at radius 2 is 1.61 bits per heavy atom. The van der Waals surface area contributed by atoms with Crippen molar-refractivity contribution in [2.45, 2.75) is 13.5 Å². The van der Waals surface area contributed by atoms with Gasteiger partial charge in [0.2, 0.25) is 0 Å². The number of hydrogen-bond donors (Lipinski definition) is 1. The Hall–Kier alpha value is -4.78. The van der Waals surface area contributed by atoms with E-state index in [0.717, 1.165) is 26.8 Å². The zero-order chi connectivity index (χ0) is 25.2. The van der Waals surface area contributed by atoms with Gasteiger partial charge in [0.15, 0.2) is 0 Å². The lowest BCUT2D eigenvalue weighted by Crippen LogP contribution is -2.54. The van der Waals surface area contributed by atoms with E-state index < -0.39 is 17.8 Å². The van der Waals surface area contributed by atoms with Gasteiger partial charge >= 0.3 is 6.03 Å². The standard InChI is InChI=1S/C29H21FN2O4/c1-18-6-13-22(14-7-18)32-28(34)25(27(33)31-29(32)35)16-24-23-5-3-2-4-20(23)10-15-26(24)36-17-19-8-11-21(30)12-9-19/h2-16H,17H2,1H3,(H,31,33,35)/b25-16+. The van der Waals surface area contributed by atoms with E-state index in [1.165, 1.54) is 18.2 Å². The van der Waals surface area contributed by atoms with E-state index >= 15 is 0 Å². The van der Waals surface area contributed by atoms with Gasteiger partial charge < -0.3 is 4.74 Å². The molecule has 178 valence electrons. The number of hydrogen-bond acceptors (Lipinski definition) is 4. The highest BCUT2D eigenvalue weighted by molar-refractivity contribution is 6.39. The molecule has 0 aromatic heterocycles. The summed E-state index contributed by atoms with van der Waals surface area (Å²) in [4.78, 5) is 39.7. The molecule has 1 aliphatic heterocycles. The topological polar surface area (TPSA) is 75.7 Å². The van der Waals surface area contributed by atoms with Gasteiger partial charge in [0.05, 0.1) is 5.69 Å². The van der Waals surface area contributed by atoms with Crippen LogP contribution in [0, 0.1) is 12.7 Å². The predicted octanol–water partition coefficient (Wildman–Crippen LogP) is 5.53. The minimum absolute atomic E-state index is 0.156. The second kappa shape index (κ2) is 9.46. The van der Waals surface area contributed by atoms with Gasteiger partial charge in [-0.25, -0.2) is 14.1 Å². The number of nitrogens with one attached hydrogen (secondary N) is 1. The number of aryl methyl sites for hydroxylation is 1. The Morgan fingerprint density at radius 3 is 2.36 bits per heavy atom. The molecule has 0 aliphatic carbocycles. The molecule has 0 spiro atoms. The van der Waals surface area contributed by atoms with Gasteiger partial charge in [0, 0.05) is 5.56 Å². The van der Waals surface area contributed by atoms with Crippen molar-refractivity contribution in [3.05, 3.63) is 113 Å². The number of urea groups is 1. The molecule has 7 heteroatoms. The summed E-state index contributed by atoms with van der Waals surface area (Å²) in [5.41, 5.74) is 2.40. The van der Waals surface area contributed by atoms with E-state index in [1.54, 1.807) is 42.5 Å².